The molecule has 0 spiro atoms. The normalized spacial score (nSPS) is 11.7. The van der Waals surface area contributed by atoms with Crippen molar-refractivity contribution in [3.8, 4) is 0 Å². The molecule has 21 heavy (non-hydrogen) atoms. The van der Waals surface area contributed by atoms with Crippen LogP contribution in [0.1, 0.15) is 17.2 Å². The van der Waals surface area contributed by atoms with Crippen molar-refractivity contribution < 1.29 is 9.72 Å². The molecule has 0 fully saturated rings. The molecule has 0 aliphatic carbocycles. The molecule has 6 heteroatoms. The van der Waals surface area contributed by atoms with Crippen molar-refractivity contribution in [1.29, 1.82) is 0 Å². The van der Waals surface area contributed by atoms with Gasteiger partial charge in [0.05, 0.1) is 16.2 Å². The second-order valence-electron chi connectivity index (χ2n) is 4.58. The van der Waals surface area contributed by atoms with E-state index in [0.717, 1.165) is 0 Å². The quantitative estimate of drug-likeness (QED) is 0.666. The number of nitrogens with zero attached hydrogens (tertiary/aromatic N) is 1. The summed E-state index contributed by atoms with van der Waals surface area (Å²) in [5.74, 6) is -0.412. The highest BCUT2D eigenvalue weighted by Gasteiger charge is 2.19. The average molecular weight is 285 g/mol. The summed E-state index contributed by atoms with van der Waals surface area (Å²) in [6.07, 6.45) is 0. The van der Waals surface area contributed by atoms with Gasteiger partial charge in [-0.05, 0) is 18.6 Å². The Morgan fingerprint density at radius 1 is 1.19 bits per heavy atom. The molecule has 0 saturated heterocycles. The van der Waals surface area contributed by atoms with Crippen LogP contribution in [0.2, 0.25) is 0 Å². The van der Waals surface area contributed by atoms with Gasteiger partial charge in [0.2, 0.25) is 5.91 Å². The standard InChI is InChI=1S/C15H15N3O3/c1-10-12(8-5-9-13(10)18(20)21)17-15(19)14(16)11-6-3-2-4-7-11/h2-9,14H,16H2,1H3,(H,17,19)/t14-/m1/s1. The summed E-state index contributed by atoms with van der Waals surface area (Å²) in [5.41, 5.74) is 7.32. The number of rotatable bonds is 4. The lowest BCUT2D eigenvalue weighted by atomic mass is 10.1. The molecule has 2 aromatic rings. The Hall–Kier alpha value is -2.73. The zero-order valence-electron chi connectivity index (χ0n) is 11.4. The Balaban J connectivity index is 2.21. The van der Waals surface area contributed by atoms with Crippen molar-refractivity contribution in [2.24, 2.45) is 5.73 Å². The van der Waals surface area contributed by atoms with Gasteiger partial charge in [0.25, 0.3) is 5.69 Å². The minimum absolute atomic E-state index is 0.0407. The van der Waals surface area contributed by atoms with Crippen LogP contribution in [0.3, 0.4) is 0 Å². The topological polar surface area (TPSA) is 98.3 Å². The highest BCUT2D eigenvalue weighted by atomic mass is 16.6. The lowest BCUT2D eigenvalue weighted by molar-refractivity contribution is -0.385. The van der Waals surface area contributed by atoms with Crippen molar-refractivity contribution in [2.45, 2.75) is 13.0 Å². The van der Waals surface area contributed by atoms with Gasteiger partial charge >= 0.3 is 0 Å². The summed E-state index contributed by atoms with van der Waals surface area (Å²) < 4.78 is 0. The number of nitro benzene ring substituents is 1. The van der Waals surface area contributed by atoms with Crippen molar-refractivity contribution in [3.05, 3.63) is 69.8 Å². The third-order valence-electron chi connectivity index (χ3n) is 3.20. The molecule has 3 N–H and O–H groups in total. The third-order valence-corrected chi connectivity index (χ3v) is 3.20. The maximum absolute atomic E-state index is 12.1. The first-order valence-corrected chi connectivity index (χ1v) is 6.36. The molecule has 0 aromatic heterocycles. The molecule has 1 amide bonds. The molecule has 0 bridgehead atoms. The summed E-state index contributed by atoms with van der Waals surface area (Å²) in [5, 5.41) is 13.5. The Morgan fingerprint density at radius 2 is 1.86 bits per heavy atom. The Labute approximate surface area is 121 Å². The summed E-state index contributed by atoms with van der Waals surface area (Å²) in [7, 11) is 0. The molecule has 0 unspecified atom stereocenters. The Bertz CT molecular complexity index is 671. The molecule has 2 aromatic carbocycles. The minimum Gasteiger partial charge on any atom is -0.324 e. The van der Waals surface area contributed by atoms with Gasteiger partial charge in [-0.2, -0.15) is 0 Å². The monoisotopic (exact) mass is 285 g/mol. The van der Waals surface area contributed by atoms with Gasteiger partial charge in [0, 0.05) is 6.07 Å². The molecular formula is C15H15N3O3. The number of nitrogens with one attached hydrogen (secondary N) is 1. The molecule has 0 aliphatic rings. The van der Waals surface area contributed by atoms with Gasteiger partial charge in [-0.25, -0.2) is 0 Å². The Kier molecular flexibility index (Phi) is 4.30. The molecule has 0 aliphatic heterocycles. The molecule has 2 rings (SSSR count). The Morgan fingerprint density at radius 3 is 2.48 bits per heavy atom. The molecular weight excluding hydrogens is 270 g/mol. The molecule has 1 atom stereocenters. The van der Waals surface area contributed by atoms with E-state index in [1.807, 2.05) is 6.07 Å². The molecule has 6 nitrogen and oxygen atoms in total. The van der Waals surface area contributed by atoms with Crippen molar-refractivity contribution in [3.63, 3.8) is 0 Å². The van der Waals surface area contributed by atoms with E-state index in [1.54, 1.807) is 37.3 Å². The smallest absolute Gasteiger partial charge is 0.274 e. The van der Waals surface area contributed by atoms with Crippen molar-refractivity contribution >= 4 is 17.3 Å². The maximum atomic E-state index is 12.1. The molecule has 0 radical (unpaired) electrons. The number of anilines is 1. The van der Waals surface area contributed by atoms with Crippen LogP contribution in [0.5, 0.6) is 0 Å². The number of amides is 1. The average Bonchev–Trinajstić information content (AvgIpc) is 2.49. The zero-order valence-corrected chi connectivity index (χ0v) is 11.4. The number of nitrogens with two attached hydrogens (primary N) is 1. The van der Waals surface area contributed by atoms with E-state index in [2.05, 4.69) is 5.32 Å². The van der Waals surface area contributed by atoms with Gasteiger partial charge in [-0.1, -0.05) is 36.4 Å². The SMILES string of the molecule is Cc1c(NC(=O)[C@H](N)c2ccccc2)cccc1[N+](=O)[O-]. The first-order valence-electron chi connectivity index (χ1n) is 6.36. The lowest BCUT2D eigenvalue weighted by Gasteiger charge is -2.14. The van der Waals surface area contributed by atoms with E-state index in [4.69, 9.17) is 5.73 Å². The fourth-order valence-corrected chi connectivity index (χ4v) is 1.98. The number of carbonyl (C=O) groups excluding carboxylic acids is 1. The van der Waals surface area contributed by atoms with Crippen molar-refractivity contribution in [1.82, 2.24) is 0 Å². The van der Waals surface area contributed by atoms with Crippen LogP contribution in [0.4, 0.5) is 11.4 Å². The third kappa shape index (κ3) is 3.24. The summed E-state index contributed by atoms with van der Waals surface area (Å²) in [4.78, 5) is 22.5. The van der Waals surface area contributed by atoms with E-state index in [0.29, 0.717) is 16.8 Å². The van der Waals surface area contributed by atoms with Gasteiger partial charge in [0.1, 0.15) is 6.04 Å². The first kappa shape index (κ1) is 14.7. The van der Waals surface area contributed by atoms with Crippen LogP contribution in [0, 0.1) is 17.0 Å². The zero-order chi connectivity index (χ0) is 15.4. The van der Waals surface area contributed by atoms with Crippen molar-refractivity contribution in [2.75, 3.05) is 5.32 Å². The van der Waals surface area contributed by atoms with Gasteiger partial charge in [-0.3, -0.25) is 14.9 Å². The predicted molar refractivity (Wildman–Crippen MR) is 79.8 cm³/mol. The second kappa shape index (κ2) is 6.15. The van der Waals surface area contributed by atoms with E-state index in [-0.39, 0.29) is 5.69 Å². The predicted octanol–water partition coefficient (Wildman–Crippen LogP) is 2.54. The van der Waals surface area contributed by atoms with Crippen LogP contribution >= 0.6 is 0 Å². The fraction of sp³-hybridized carbons (Fsp3) is 0.133. The largest absolute Gasteiger partial charge is 0.324 e. The van der Waals surface area contributed by atoms with Crippen LogP contribution in [0.25, 0.3) is 0 Å². The summed E-state index contributed by atoms with van der Waals surface area (Å²) in [6.45, 7) is 1.59. The maximum Gasteiger partial charge on any atom is 0.274 e. The lowest BCUT2D eigenvalue weighted by Crippen LogP contribution is -2.28. The molecule has 108 valence electrons. The summed E-state index contributed by atoms with van der Waals surface area (Å²) in [6, 6.07) is 12.6. The van der Waals surface area contributed by atoms with Crippen LogP contribution < -0.4 is 11.1 Å². The number of nitro groups is 1. The van der Waals surface area contributed by atoms with Gasteiger partial charge < -0.3 is 11.1 Å². The van der Waals surface area contributed by atoms with E-state index >= 15 is 0 Å². The number of hydrogen-bond donors (Lipinski definition) is 2. The van der Waals surface area contributed by atoms with E-state index in [9.17, 15) is 14.9 Å². The first-order chi connectivity index (χ1) is 10.0. The van der Waals surface area contributed by atoms with Crippen LogP contribution in [-0.2, 0) is 4.79 Å². The number of benzene rings is 2. The van der Waals surface area contributed by atoms with E-state index < -0.39 is 16.9 Å². The highest BCUT2D eigenvalue weighted by Crippen LogP contribution is 2.25. The number of hydrogen-bond acceptors (Lipinski definition) is 4. The molecule has 0 heterocycles. The second-order valence-corrected chi connectivity index (χ2v) is 4.58. The minimum atomic E-state index is -0.829. The summed E-state index contributed by atoms with van der Waals surface area (Å²) >= 11 is 0. The van der Waals surface area contributed by atoms with E-state index in [1.165, 1.54) is 12.1 Å². The molecule has 0 saturated carbocycles. The number of carbonyl (C=O) groups is 1. The van der Waals surface area contributed by atoms with Crippen LogP contribution in [0.15, 0.2) is 48.5 Å². The highest BCUT2D eigenvalue weighted by molar-refractivity contribution is 5.96. The fourth-order valence-electron chi connectivity index (χ4n) is 1.98. The van der Waals surface area contributed by atoms with Crippen LogP contribution in [-0.4, -0.2) is 10.8 Å². The van der Waals surface area contributed by atoms with Gasteiger partial charge in [0.15, 0.2) is 0 Å². The van der Waals surface area contributed by atoms with Gasteiger partial charge in [-0.15, -0.1) is 0 Å².